The average molecular weight is 292 g/mol. The third-order valence-corrected chi connectivity index (χ3v) is 3.53. The van der Waals surface area contributed by atoms with Crippen LogP contribution in [0.3, 0.4) is 0 Å². The lowest BCUT2D eigenvalue weighted by Crippen LogP contribution is -2.29. The molecule has 0 amide bonds. The number of aryl methyl sites for hydroxylation is 1. The fraction of sp³-hybridized carbons (Fsp3) is 0.538. The molecule has 2 aromatic rings. The van der Waals surface area contributed by atoms with Crippen molar-refractivity contribution in [1.82, 2.24) is 19.5 Å². The lowest BCUT2D eigenvalue weighted by Gasteiger charge is -2.15. The van der Waals surface area contributed by atoms with E-state index in [0.717, 1.165) is 5.69 Å². The first kappa shape index (κ1) is 13.9. The first-order valence-electron chi connectivity index (χ1n) is 6.68. The topological polar surface area (TPSA) is 99.4 Å². The maximum absolute atomic E-state index is 11.1. The molecule has 3 rings (SSSR count). The van der Waals surface area contributed by atoms with E-state index in [1.54, 1.807) is 10.9 Å². The molecule has 1 aliphatic rings. The summed E-state index contributed by atoms with van der Waals surface area (Å²) < 4.78 is 12.7. The van der Waals surface area contributed by atoms with Crippen LogP contribution in [0, 0.1) is 6.92 Å². The van der Waals surface area contributed by atoms with Gasteiger partial charge >= 0.3 is 5.97 Å². The van der Waals surface area contributed by atoms with Crippen molar-refractivity contribution in [2.45, 2.75) is 38.7 Å². The van der Waals surface area contributed by atoms with Crippen LogP contribution in [0.1, 0.15) is 25.3 Å². The third kappa shape index (κ3) is 2.47. The highest BCUT2D eigenvalue weighted by Crippen LogP contribution is 2.32. The van der Waals surface area contributed by atoms with Gasteiger partial charge in [0.2, 0.25) is 0 Å². The minimum atomic E-state index is -0.542. The molecule has 2 aromatic heterocycles. The van der Waals surface area contributed by atoms with Gasteiger partial charge in [-0.3, -0.25) is 9.36 Å². The Morgan fingerprint density at radius 3 is 3.05 bits per heavy atom. The lowest BCUT2D eigenvalue weighted by molar-refractivity contribution is -0.150. The van der Waals surface area contributed by atoms with E-state index in [1.807, 2.05) is 6.92 Å². The molecule has 1 aliphatic heterocycles. The average Bonchev–Trinajstić information content (AvgIpc) is 3.02. The second kappa shape index (κ2) is 5.38. The molecule has 8 nitrogen and oxygen atoms in total. The highest BCUT2D eigenvalue weighted by atomic mass is 16.6. The Morgan fingerprint density at radius 2 is 2.33 bits per heavy atom. The number of esters is 1. The summed E-state index contributed by atoms with van der Waals surface area (Å²) in [5.74, 6) is -0.392. The Balaban J connectivity index is 1.90. The molecule has 1 unspecified atom stereocenters. The van der Waals surface area contributed by atoms with Gasteiger partial charge in [0.1, 0.15) is 30.3 Å². The molecule has 21 heavy (non-hydrogen) atoms. The van der Waals surface area contributed by atoms with E-state index in [0.29, 0.717) is 17.6 Å². The summed E-state index contributed by atoms with van der Waals surface area (Å²) in [6.45, 7) is 2.98. The Labute approximate surface area is 120 Å². The smallest absolute Gasteiger partial charge is 0.302 e. The molecule has 3 atom stereocenters. The van der Waals surface area contributed by atoms with Crippen LogP contribution >= 0.6 is 0 Å². The second-order valence-electron chi connectivity index (χ2n) is 4.98. The molecule has 112 valence electrons. The van der Waals surface area contributed by atoms with Gasteiger partial charge in [-0.25, -0.2) is 15.0 Å². The van der Waals surface area contributed by atoms with Crippen LogP contribution in [0.5, 0.6) is 0 Å². The van der Waals surface area contributed by atoms with Crippen molar-refractivity contribution < 1.29 is 19.4 Å². The predicted octanol–water partition coefficient (Wildman–Crippen LogP) is 0.346. The van der Waals surface area contributed by atoms with Crippen LogP contribution in [0.2, 0.25) is 0 Å². The number of fused-ring (bicyclic) bond motifs is 1. The summed E-state index contributed by atoms with van der Waals surface area (Å²) in [5.41, 5.74) is 2.15. The lowest BCUT2D eigenvalue weighted by atomic mass is 10.2. The normalized spacial score (nSPS) is 25.4. The molecular formula is C13H16N4O4. The van der Waals surface area contributed by atoms with E-state index >= 15 is 0 Å². The van der Waals surface area contributed by atoms with Gasteiger partial charge in [-0.2, -0.15) is 0 Å². The summed E-state index contributed by atoms with van der Waals surface area (Å²) in [6.07, 6.45) is 2.14. The maximum atomic E-state index is 11.1. The SMILES string of the molecule is CC(=O)OC1C[C@H](n2cnc3c(C)ncnc32)O[C@@H]1CO. The number of hydrogen-bond acceptors (Lipinski definition) is 7. The van der Waals surface area contributed by atoms with Crippen LogP contribution in [0.25, 0.3) is 11.2 Å². The molecule has 1 saturated heterocycles. The fourth-order valence-electron chi connectivity index (χ4n) is 2.55. The van der Waals surface area contributed by atoms with Crippen LogP contribution in [-0.2, 0) is 14.3 Å². The van der Waals surface area contributed by atoms with Crippen molar-refractivity contribution in [3.63, 3.8) is 0 Å². The van der Waals surface area contributed by atoms with E-state index in [1.165, 1.54) is 13.3 Å². The largest absolute Gasteiger partial charge is 0.460 e. The highest BCUT2D eigenvalue weighted by Gasteiger charge is 2.38. The molecule has 8 heteroatoms. The number of carbonyl (C=O) groups is 1. The van der Waals surface area contributed by atoms with Crippen molar-refractivity contribution in [3.05, 3.63) is 18.3 Å². The molecular weight excluding hydrogens is 276 g/mol. The molecule has 3 heterocycles. The Morgan fingerprint density at radius 1 is 1.52 bits per heavy atom. The first-order valence-corrected chi connectivity index (χ1v) is 6.68. The van der Waals surface area contributed by atoms with Gasteiger partial charge in [0.25, 0.3) is 0 Å². The minimum absolute atomic E-state index is 0.213. The van der Waals surface area contributed by atoms with Gasteiger partial charge in [-0.15, -0.1) is 0 Å². The summed E-state index contributed by atoms with van der Waals surface area (Å²) in [4.78, 5) is 23.7. The monoisotopic (exact) mass is 292 g/mol. The number of nitrogens with zero attached hydrogens (tertiary/aromatic N) is 4. The summed E-state index contributed by atoms with van der Waals surface area (Å²) >= 11 is 0. The number of aliphatic hydroxyl groups is 1. The zero-order valence-electron chi connectivity index (χ0n) is 11.8. The number of carbonyl (C=O) groups excluding carboxylic acids is 1. The molecule has 0 aliphatic carbocycles. The second-order valence-corrected chi connectivity index (χ2v) is 4.98. The number of imidazole rings is 1. The van der Waals surface area contributed by atoms with Crippen LogP contribution in [0.4, 0.5) is 0 Å². The van der Waals surface area contributed by atoms with E-state index < -0.39 is 18.2 Å². The third-order valence-electron chi connectivity index (χ3n) is 3.53. The summed E-state index contributed by atoms with van der Waals surface area (Å²) in [6, 6.07) is 0. The number of hydrogen-bond donors (Lipinski definition) is 1. The Kier molecular flexibility index (Phi) is 3.56. The van der Waals surface area contributed by atoms with Gasteiger partial charge in [-0.05, 0) is 6.92 Å². The number of rotatable bonds is 3. The van der Waals surface area contributed by atoms with Crippen molar-refractivity contribution in [2.75, 3.05) is 6.61 Å². The van der Waals surface area contributed by atoms with E-state index in [9.17, 15) is 9.90 Å². The molecule has 0 bridgehead atoms. The first-order chi connectivity index (χ1) is 10.1. The van der Waals surface area contributed by atoms with E-state index in [-0.39, 0.29) is 12.8 Å². The molecule has 0 spiro atoms. The molecule has 0 aromatic carbocycles. The van der Waals surface area contributed by atoms with Crippen molar-refractivity contribution >= 4 is 17.1 Å². The molecule has 1 N–H and O–H groups in total. The van der Waals surface area contributed by atoms with Gasteiger partial charge in [-0.1, -0.05) is 0 Å². The van der Waals surface area contributed by atoms with E-state index in [4.69, 9.17) is 9.47 Å². The number of ether oxygens (including phenoxy) is 2. The number of aromatic nitrogens is 4. The van der Waals surface area contributed by atoms with Crippen molar-refractivity contribution in [3.8, 4) is 0 Å². The van der Waals surface area contributed by atoms with Crippen LogP contribution < -0.4 is 0 Å². The zero-order chi connectivity index (χ0) is 15.0. The highest BCUT2D eigenvalue weighted by molar-refractivity contribution is 5.72. The molecule has 0 radical (unpaired) electrons. The standard InChI is InChI=1S/C13H16N4O4/c1-7-12-13(15-5-14-7)17(6-16-12)11-3-9(20-8(2)19)10(4-18)21-11/h5-6,9-11,18H,3-4H2,1-2H3/t9?,10-,11-/m1/s1. The number of aliphatic hydroxyl groups excluding tert-OH is 1. The molecule has 0 saturated carbocycles. The Hall–Kier alpha value is -2.06. The predicted molar refractivity (Wildman–Crippen MR) is 71.2 cm³/mol. The van der Waals surface area contributed by atoms with Crippen molar-refractivity contribution in [1.29, 1.82) is 0 Å². The van der Waals surface area contributed by atoms with Crippen molar-refractivity contribution in [2.24, 2.45) is 0 Å². The summed E-state index contributed by atoms with van der Waals surface area (Å²) in [5, 5.41) is 9.36. The maximum Gasteiger partial charge on any atom is 0.302 e. The van der Waals surface area contributed by atoms with Gasteiger partial charge in [0, 0.05) is 13.3 Å². The quantitative estimate of drug-likeness (QED) is 0.814. The zero-order valence-corrected chi connectivity index (χ0v) is 11.8. The van der Waals surface area contributed by atoms with Gasteiger partial charge < -0.3 is 14.6 Å². The summed E-state index contributed by atoms with van der Waals surface area (Å²) in [7, 11) is 0. The van der Waals surface area contributed by atoms with Crippen LogP contribution in [0.15, 0.2) is 12.7 Å². The van der Waals surface area contributed by atoms with Gasteiger partial charge in [0.05, 0.1) is 18.6 Å². The van der Waals surface area contributed by atoms with E-state index in [2.05, 4.69) is 15.0 Å². The van der Waals surface area contributed by atoms with Gasteiger partial charge in [0.15, 0.2) is 5.65 Å². The van der Waals surface area contributed by atoms with Crippen LogP contribution in [-0.4, -0.2) is 49.4 Å². The minimum Gasteiger partial charge on any atom is -0.460 e. The fourth-order valence-corrected chi connectivity index (χ4v) is 2.55. The molecule has 1 fully saturated rings. The Bertz CT molecular complexity index is 671.